The molecule has 7 nitrogen and oxygen atoms in total. The van der Waals surface area contributed by atoms with Crippen LogP contribution in [0.5, 0.6) is 5.75 Å². The zero-order valence-corrected chi connectivity index (χ0v) is 17.9. The van der Waals surface area contributed by atoms with E-state index in [-0.39, 0.29) is 29.9 Å². The van der Waals surface area contributed by atoms with Crippen LogP contribution in [0.25, 0.3) is 0 Å². The maximum atomic E-state index is 13.5. The van der Waals surface area contributed by atoms with Crippen molar-refractivity contribution in [2.45, 2.75) is 33.0 Å². The van der Waals surface area contributed by atoms with Gasteiger partial charge in [-0.25, -0.2) is 4.39 Å². The van der Waals surface area contributed by atoms with Crippen molar-refractivity contribution < 1.29 is 18.7 Å². The van der Waals surface area contributed by atoms with Gasteiger partial charge in [0.1, 0.15) is 17.3 Å². The van der Waals surface area contributed by atoms with E-state index in [4.69, 9.17) is 4.74 Å². The minimum Gasteiger partial charge on any atom is -0.494 e. The summed E-state index contributed by atoms with van der Waals surface area (Å²) in [5.74, 6) is -0.194. The van der Waals surface area contributed by atoms with Crippen LogP contribution in [0.3, 0.4) is 0 Å². The molecule has 8 heteroatoms. The number of benzene rings is 2. The molecule has 0 fully saturated rings. The van der Waals surface area contributed by atoms with E-state index in [0.717, 1.165) is 16.9 Å². The molecule has 0 saturated carbocycles. The molecule has 166 valence electrons. The molecule has 0 spiro atoms. The first kappa shape index (κ1) is 21.5. The summed E-state index contributed by atoms with van der Waals surface area (Å²) in [4.78, 5) is 27.5. The number of para-hydroxylation sites is 1. The highest BCUT2D eigenvalue weighted by Crippen LogP contribution is 2.19. The van der Waals surface area contributed by atoms with E-state index in [1.807, 2.05) is 31.2 Å². The van der Waals surface area contributed by atoms with Gasteiger partial charge in [-0.15, -0.1) is 0 Å². The van der Waals surface area contributed by atoms with Crippen LogP contribution >= 0.6 is 0 Å². The number of amides is 2. The molecule has 0 radical (unpaired) electrons. The van der Waals surface area contributed by atoms with Gasteiger partial charge in [-0.2, -0.15) is 5.10 Å². The Hall–Kier alpha value is -3.68. The molecule has 3 aromatic rings. The lowest BCUT2D eigenvalue weighted by Gasteiger charge is -2.20. The van der Waals surface area contributed by atoms with Crippen LogP contribution in [0.1, 0.15) is 45.4 Å². The number of carbonyl (C=O) groups is 2. The summed E-state index contributed by atoms with van der Waals surface area (Å²) < 4.78 is 20.7. The summed E-state index contributed by atoms with van der Waals surface area (Å²) >= 11 is 0. The van der Waals surface area contributed by atoms with Gasteiger partial charge in [-0.1, -0.05) is 30.3 Å². The molecule has 2 heterocycles. The monoisotopic (exact) mass is 436 g/mol. The lowest BCUT2D eigenvalue weighted by atomic mass is 10.2. The van der Waals surface area contributed by atoms with Gasteiger partial charge >= 0.3 is 0 Å². The highest BCUT2D eigenvalue weighted by atomic mass is 19.1. The first-order valence-corrected chi connectivity index (χ1v) is 10.7. The lowest BCUT2D eigenvalue weighted by molar-refractivity contribution is 0.0745. The first-order chi connectivity index (χ1) is 15.5. The Balaban J connectivity index is 1.46. The van der Waals surface area contributed by atoms with E-state index in [1.165, 1.54) is 18.2 Å². The molecule has 1 aliphatic rings. The number of aromatic nitrogens is 2. The third-order valence-corrected chi connectivity index (χ3v) is 5.29. The standard InChI is InChI=1S/C24H25FN4O3/c1-2-32-22-10-4-3-8-18(22)15-26-23(30)20-14-21-24(31)28(11-6-12-29(21)27-20)16-17-7-5-9-19(25)13-17/h3-5,7-10,13-14H,2,6,11-12,15-16H2,1H3,(H,26,30). The van der Waals surface area contributed by atoms with E-state index in [0.29, 0.717) is 38.4 Å². The topological polar surface area (TPSA) is 76.5 Å². The van der Waals surface area contributed by atoms with E-state index < -0.39 is 0 Å². The minimum atomic E-state index is -0.360. The zero-order chi connectivity index (χ0) is 22.5. The molecule has 2 aromatic carbocycles. The SMILES string of the molecule is CCOc1ccccc1CNC(=O)c1cc2n(n1)CCCN(Cc1cccc(F)c1)C2=O. The largest absolute Gasteiger partial charge is 0.494 e. The fourth-order valence-corrected chi connectivity index (χ4v) is 3.76. The molecule has 1 aliphatic heterocycles. The Bertz CT molecular complexity index is 1130. The predicted molar refractivity (Wildman–Crippen MR) is 117 cm³/mol. The Morgan fingerprint density at radius 1 is 1.16 bits per heavy atom. The van der Waals surface area contributed by atoms with Crippen LogP contribution in [0, 0.1) is 5.82 Å². The van der Waals surface area contributed by atoms with Gasteiger partial charge in [0.15, 0.2) is 5.69 Å². The minimum absolute atomic E-state index is 0.190. The normalized spacial score (nSPS) is 13.4. The van der Waals surface area contributed by atoms with Crippen molar-refractivity contribution in [2.24, 2.45) is 0 Å². The molecule has 1 N–H and O–H groups in total. The number of ether oxygens (including phenoxy) is 1. The molecule has 0 unspecified atom stereocenters. The Morgan fingerprint density at radius 2 is 2.00 bits per heavy atom. The van der Waals surface area contributed by atoms with E-state index in [2.05, 4.69) is 10.4 Å². The van der Waals surface area contributed by atoms with Gasteiger partial charge in [0.25, 0.3) is 11.8 Å². The second-order valence-corrected chi connectivity index (χ2v) is 7.57. The molecule has 32 heavy (non-hydrogen) atoms. The van der Waals surface area contributed by atoms with Gasteiger partial charge in [-0.3, -0.25) is 14.3 Å². The summed E-state index contributed by atoms with van der Waals surface area (Å²) in [5, 5.41) is 7.20. The third kappa shape index (κ3) is 4.80. The highest BCUT2D eigenvalue weighted by molar-refractivity contribution is 5.98. The molecule has 2 amide bonds. The van der Waals surface area contributed by atoms with Crippen LogP contribution in [0.4, 0.5) is 4.39 Å². The molecular weight excluding hydrogens is 411 g/mol. The summed E-state index contributed by atoms with van der Waals surface area (Å²) in [6.45, 7) is 4.10. The van der Waals surface area contributed by atoms with Crippen molar-refractivity contribution in [1.82, 2.24) is 20.0 Å². The number of aryl methyl sites for hydroxylation is 1. The number of nitrogens with one attached hydrogen (secondary N) is 1. The second kappa shape index (κ2) is 9.64. The van der Waals surface area contributed by atoms with Crippen LogP contribution in [-0.2, 0) is 19.6 Å². The molecule has 1 aromatic heterocycles. The Morgan fingerprint density at radius 3 is 2.81 bits per heavy atom. The van der Waals surface area contributed by atoms with Crippen LogP contribution in [0.2, 0.25) is 0 Å². The van der Waals surface area contributed by atoms with Crippen molar-refractivity contribution in [2.75, 3.05) is 13.2 Å². The van der Waals surface area contributed by atoms with Gasteiger partial charge in [0.2, 0.25) is 0 Å². The summed E-state index contributed by atoms with van der Waals surface area (Å²) in [6.07, 6.45) is 0.693. The Labute approximate surface area is 185 Å². The summed E-state index contributed by atoms with van der Waals surface area (Å²) in [6, 6.07) is 15.3. The van der Waals surface area contributed by atoms with Crippen molar-refractivity contribution in [3.63, 3.8) is 0 Å². The number of halogens is 1. The van der Waals surface area contributed by atoms with Gasteiger partial charge < -0.3 is 15.0 Å². The average molecular weight is 436 g/mol. The molecule has 0 aliphatic carbocycles. The fraction of sp³-hybridized carbons (Fsp3) is 0.292. The fourth-order valence-electron chi connectivity index (χ4n) is 3.76. The molecular formula is C24H25FN4O3. The number of hydrogen-bond donors (Lipinski definition) is 1. The lowest BCUT2D eigenvalue weighted by Crippen LogP contribution is -2.30. The van der Waals surface area contributed by atoms with Crippen molar-refractivity contribution in [3.05, 3.63) is 82.9 Å². The Kier molecular flexibility index (Phi) is 6.49. The molecule has 0 atom stereocenters. The van der Waals surface area contributed by atoms with Gasteiger partial charge in [0, 0.05) is 37.8 Å². The average Bonchev–Trinajstić information content (AvgIpc) is 3.16. The van der Waals surface area contributed by atoms with E-state index in [9.17, 15) is 14.0 Å². The summed E-state index contributed by atoms with van der Waals surface area (Å²) in [7, 11) is 0. The second-order valence-electron chi connectivity index (χ2n) is 7.57. The zero-order valence-electron chi connectivity index (χ0n) is 17.9. The van der Waals surface area contributed by atoms with Crippen molar-refractivity contribution in [3.8, 4) is 5.75 Å². The van der Waals surface area contributed by atoms with Gasteiger partial charge in [-0.05, 0) is 37.1 Å². The highest BCUT2D eigenvalue weighted by Gasteiger charge is 2.26. The number of carbonyl (C=O) groups excluding carboxylic acids is 2. The first-order valence-electron chi connectivity index (χ1n) is 10.7. The van der Waals surface area contributed by atoms with Crippen molar-refractivity contribution >= 4 is 11.8 Å². The van der Waals surface area contributed by atoms with E-state index in [1.54, 1.807) is 21.7 Å². The number of rotatable bonds is 7. The summed E-state index contributed by atoms with van der Waals surface area (Å²) in [5.41, 5.74) is 2.13. The van der Waals surface area contributed by atoms with Crippen LogP contribution in [0.15, 0.2) is 54.6 Å². The predicted octanol–water partition coefficient (Wildman–Crippen LogP) is 3.40. The van der Waals surface area contributed by atoms with E-state index >= 15 is 0 Å². The van der Waals surface area contributed by atoms with Crippen molar-refractivity contribution in [1.29, 1.82) is 0 Å². The molecule has 0 bridgehead atoms. The maximum Gasteiger partial charge on any atom is 0.272 e. The smallest absolute Gasteiger partial charge is 0.272 e. The molecule has 0 saturated heterocycles. The number of fused-ring (bicyclic) bond motifs is 1. The quantitative estimate of drug-likeness (QED) is 0.616. The number of nitrogens with zero attached hydrogens (tertiary/aromatic N) is 3. The third-order valence-electron chi connectivity index (χ3n) is 5.29. The molecule has 4 rings (SSSR count). The van der Waals surface area contributed by atoms with Crippen LogP contribution in [-0.4, -0.2) is 39.6 Å². The maximum absolute atomic E-state index is 13.5. The number of hydrogen-bond acceptors (Lipinski definition) is 4. The van der Waals surface area contributed by atoms with Crippen LogP contribution < -0.4 is 10.1 Å². The van der Waals surface area contributed by atoms with Gasteiger partial charge in [0.05, 0.1) is 6.61 Å².